The van der Waals surface area contributed by atoms with Crippen LogP contribution in [-0.4, -0.2) is 17.8 Å². The Bertz CT molecular complexity index is 587. The van der Waals surface area contributed by atoms with Gasteiger partial charge in [-0.05, 0) is 31.2 Å². The summed E-state index contributed by atoms with van der Waals surface area (Å²) in [5.41, 5.74) is 10.1. The van der Waals surface area contributed by atoms with E-state index in [4.69, 9.17) is 11.1 Å². The van der Waals surface area contributed by atoms with Gasteiger partial charge in [0.05, 0.1) is 0 Å². The van der Waals surface area contributed by atoms with Gasteiger partial charge in [0.1, 0.15) is 5.84 Å². The summed E-state index contributed by atoms with van der Waals surface area (Å²) in [7, 11) is 2.10. The van der Waals surface area contributed by atoms with Gasteiger partial charge >= 0.3 is 0 Å². The van der Waals surface area contributed by atoms with Gasteiger partial charge in [0.15, 0.2) is 0 Å². The van der Waals surface area contributed by atoms with Crippen LogP contribution in [0, 0.1) is 12.3 Å². The van der Waals surface area contributed by atoms with Gasteiger partial charge in [0.25, 0.3) is 0 Å². The largest absolute Gasteiger partial charge is 0.384 e. The van der Waals surface area contributed by atoms with E-state index in [0.29, 0.717) is 0 Å². The van der Waals surface area contributed by atoms with Crippen molar-refractivity contribution in [2.75, 3.05) is 7.05 Å². The fourth-order valence-electron chi connectivity index (χ4n) is 2.21. The number of nitrogens with one attached hydrogen (secondary N) is 1. The van der Waals surface area contributed by atoms with E-state index < -0.39 is 0 Å². The molecule has 0 unspecified atom stereocenters. The Kier molecular flexibility index (Phi) is 4.53. The molecule has 0 aliphatic carbocycles. The first kappa shape index (κ1) is 14.3. The number of hydrogen-bond acceptors (Lipinski definition) is 2. The summed E-state index contributed by atoms with van der Waals surface area (Å²) >= 11 is 0. The van der Waals surface area contributed by atoms with E-state index in [1.54, 1.807) is 0 Å². The van der Waals surface area contributed by atoms with E-state index in [1.807, 2.05) is 18.2 Å². The molecule has 0 amide bonds. The molecule has 0 spiro atoms. The zero-order chi connectivity index (χ0) is 14.5. The van der Waals surface area contributed by atoms with Crippen molar-refractivity contribution in [2.45, 2.75) is 20.0 Å². The number of amidine groups is 1. The number of nitrogens with two attached hydrogens (primary N) is 1. The van der Waals surface area contributed by atoms with Crippen LogP contribution in [0.3, 0.4) is 0 Å². The summed E-state index contributed by atoms with van der Waals surface area (Å²) in [5, 5.41) is 7.48. The number of rotatable bonds is 5. The van der Waals surface area contributed by atoms with Crippen molar-refractivity contribution >= 4 is 5.84 Å². The molecule has 0 atom stereocenters. The van der Waals surface area contributed by atoms with E-state index in [-0.39, 0.29) is 5.84 Å². The number of nitrogen functional groups attached to an aromatic ring is 1. The second-order valence-electron chi connectivity index (χ2n) is 5.27. The van der Waals surface area contributed by atoms with Crippen LogP contribution in [0.5, 0.6) is 0 Å². The smallest absolute Gasteiger partial charge is 0.122 e. The summed E-state index contributed by atoms with van der Waals surface area (Å²) in [6.07, 6.45) is 0. The Morgan fingerprint density at radius 3 is 2.35 bits per heavy atom. The van der Waals surface area contributed by atoms with Crippen LogP contribution in [0.1, 0.15) is 22.3 Å². The van der Waals surface area contributed by atoms with Crippen LogP contribution in [-0.2, 0) is 13.1 Å². The molecule has 0 radical (unpaired) electrons. The summed E-state index contributed by atoms with van der Waals surface area (Å²) in [6.45, 7) is 3.85. The Morgan fingerprint density at radius 1 is 1.05 bits per heavy atom. The standard InChI is InChI=1S/C17H21N3/c1-13-6-8-14(9-7-13)11-20(2)12-15-4-3-5-16(10-15)17(18)19/h3-10H,11-12H2,1-2H3,(H3,18,19). The zero-order valence-corrected chi connectivity index (χ0v) is 12.1. The van der Waals surface area contributed by atoms with Gasteiger partial charge in [-0.25, -0.2) is 0 Å². The molecular weight excluding hydrogens is 246 g/mol. The lowest BCUT2D eigenvalue weighted by Crippen LogP contribution is -2.18. The molecule has 0 fully saturated rings. The van der Waals surface area contributed by atoms with Crippen LogP contribution in [0.25, 0.3) is 0 Å². The average molecular weight is 267 g/mol. The lowest BCUT2D eigenvalue weighted by Gasteiger charge is -2.17. The Balaban J connectivity index is 2.00. The fourth-order valence-corrected chi connectivity index (χ4v) is 2.21. The SMILES string of the molecule is Cc1ccc(CN(C)Cc2cccc(C(=N)N)c2)cc1. The number of benzene rings is 2. The van der Waals surface area contributed by atoms with Gasteiger partial charge in [0.2, 0.25) is 0 Å². The minimum absolute atomic E-state index is 0.119. The second kappa shape index (κ2) is 6.35. The predicted octanol–water partition coefficient (Wildman–Crippen LogP) is 2.91. The number of nitrogens with zero attached hydrogens (tertiary/aromatic N) is 1. The maximum Gasteiger partial charge on any atom is 0.122 e. The predicted molar refractivity (Wildman–Crippen MR) is 83.8 cm³/mol. The molecule has 3 heteroatoms. The summed E-state index contributed by atoms with van der Waals surface area (Å²) in [6, 6.07) is 16.5. The van der Waals surface area contributed by atoms with Crippen LogP contribution < -0.4 is 5.73 Å². The monoisotopic (exact) mass is 267 g/mol. The second-order valence-corrected chi connectivity index (χ2v) is 5.27. The molecule has 104 valence electrons. The van der Waals surface area contributed by atoms with E-state index in [2.05, 4.69) is 49.2 Å². The molecule has 3 N–H and O–H groups in total. The van der Waals surface area contributed by atoms with E-state index in [9.17, 15) is 0 Å². The van der Waals surface area contributed by atoms with Crippen LogP contribution >= 0.6 is 0 Å². The van der Waals surface area contributed by atoms with Crippen molar-refractivity contribution in [3.8, 4) is 0 Å². The lowest BCUT2D eigenvalue weighted by atomic mass is 10.1. The Labute approximate surface area is 120 Å². The third-order valence-electron chi connectivity index (χ3n) is 3.26. The molecule has 3 nitrogen and oxygen atoms in total. The van der Waals surface area contributed by atoms with Gasteiger partial charge in [-0.2, -0.15) is 0 Å². The van der Waals surface area contributed by atoms with E-state index in [1.165, 1.54) is 16.7 Å². The van der Waals surface area contributed by atoms with Crippen molar-refractivity contribution in [3.05, 3.63) is 70.8 Å². The topological polar surface area (TPSA) is 53.1 Å². The minimum atomic E-state index is 0.119. The highest BCUT2D eigenvalue weighted by Crippen LogP contribution is 2.11. The van der Waals surface area contributed by atoms with Gasteiger partial charge in [-0.15, -0.1) is 0 Å². The molecule has 0 heterocycles. The molecule has 2 rings (SSSR count). The highest BCUT2D eigenvalue weighted by molar-refractivity contribution is 5.95. The van der Waals surface area contributed by atoms with Gasteiger partial charge < -0.3 is 5.73 Å². The van der Waals surface area contributed by atoms with Crippen molar-refractivity contribution in [2.24, 2.45) is 5.73 Å². The van der Waals surface area contributed by atoms with Gasteiger partial charge in [0, 0.05) is 18.7 Å². The molecule has 2 aromatic rings. The Morgan fingerprint density at radius 2 is 1.70 bits per heavy atom. The van der Waals surface area contributed by atoms with Gasteiger partial charge in [-0.1, -0.05) is 48.0 Å². The molecule has 0 aliphatic rings. The van der Waals surface area contributed by atoms with E-state index in [0.717, 1.165) is 18.7 Å². The third-order valence-corrected chi connectivity index (χ3v) is 3.26. The first-order valence-electron chi connectivity index (χ1n) is 6.72. The summed E-state index contributed by atoms with van der Waals surface area (Å²) in [4.78, 5) is 2.25. The highest BCUT2D eigenvalue weighted by atomic mass is 15.1. The first-order chi connectivity index (χ1) is 9.54. The minimum Gasteiger partial charge on any atom is -0.384 e. The number of hydrogen-bond donors (Lipinski definition) is 2. The molecule has 0 aromatic heterocycles. The summed E-state index contributed by atoms with van der Waals surface area (Å²) in [5.74, 6) is 0.119. The van der Waals surface area contributed by atoms with Crippen LogP contribution in [0.15, 0.2) is 48.5 Å². The molecule has 0 aliphatic heterocycles. The summed E-state index contributed by atoms with van der Waals surface area (Å²) < 4.78 is 0. The molecule has 0 bridgehead atoms. The molecular formula is C17H21N3. The quantitative estimate of drug-likeness (QED) is 0.646. The van der Waals surface area contributed by atoms with E-state index >= 15 is 0 Å². The van der Waals surface area contributed by atoms with Crippen LogP contribution in [0.2, 0.25) is 0 Å². The lowest BCUT2D eigenvalue weighted by molar-refractivity contribution is 0.319. The Hall–Kier alpha value is -2.13. The third kappa shape index (κ3) is 3.93. The zero-order valence-electron chi connectivity index (χ0n) is 12.1. The molecule has 20 heavy (non-hydrogen) atoms. The average Bonchev–Trinajstić information content (AvgIpc) is 2.41. The molecule has 0 saturated carbocycles. The maximum absolute atomic E-state index is 7.48. The van der Waals surface area contributed by atoms with Crippen molar-refractivity contribution in [1.29, 1.82) is 5.41 Å². The van der Waals surface area contributed by atoms with Gasteiger partial charge in [-0.3, -0.25) is 10.3 Å². The number of aryl methyl sites for hydroxylation is 1. The normalized spacial score (nSPS) is 10.8. The fraction of sp³-hybridized carbons (Fsp3) is 0.235. The van der Waals surface area contributed by atoms with Crippen molar-refractivity contribution in [3.63, 3.8) is 0 Å². The maximum atomic E-state index is 7.48. The first-order valence-corrected chi connectivity index (χ1v) is 6.72. The highest BCUT2D eigenvalue weighted by Gasteiger charge is 2.04. The molecule has 2 aromatic carbocycles. The van der Waals surface area contributed by atoms with Crippen molar-refractivity contribution in [1.82, 2.24) is 4.90 Å². The van der Waals surface area contributed by atoms with Crippen molar-refractivity contribution < 1.29 is 0 Å². The van der Waals surface area contributed by atoms with Crippen LogP contribution in [0.4, 0.5) is 0 Å². The molecule has 0 saturated heterocycles.